The SMILES string of the molecule is CC(C)(C)C1=C(Nc2ccc(N(C3=C(C(C)(C)C)CC(O)(C(C)(C)C)C=C3)C3=C(C(C)(C)C)CC(O)(C(C)(C)C)C=C3)cc2)C=CC(O)(C(C)(C)C)C1. The molecule has 0 heterocycles. The Morgan fingerprint density at radius 3 is 1.11 bits per heavy atom. The van der Waals surface area contributed by atoms with Gasteiger partial charge in [-0.3, -0.25) is 0 Å². The van der Waals surface area contributed by atoms with Crippen molar-refractivity contribution in [3.8, 4) is 0 Å². The van der Waals surface area contributed by atoms with Gasteiger partial charge in [0, 0.05) is 47.7 Å². The predicted molar refractivity (Wildman–Crippen MR) is 226 cm³/mol. The van der Waals surface area contributed by atoms with Crippen molar-refractivity contribution in [2.75, 3.05) is 10.2 Å². The molecule has 0 saturated heterocycles. The molecule has 0 aliphatic heterocycles. The summed E-state index contributed by atoms with van der Waals surface area (Å²) < 4.78 is 0. The van der Waals surface area contributed by atoms with Gasteiger partial charge >= 0.3 is 0 Å². The first-order valence-electron chi connectivity index (χ1n) is 19.8. The Hall–Kier alpha value is -2.86. The smallest absolute Gasteiger partial charge is 0.0917 e. The molecule has 0 amide bonds. The first-order valence-corrected chi connectivity index (χ1v) is 19.8. The van der Waals surface area contributed by atoms with Crippen LogP contribution in [0.1, 0.15) is 144 Å². The zero-order chi connectivity index (χ0) is 40.6. The molecule has 1 aromatic carbocycles. The van der Waals surface area contributed by atoms with Gasteiger partial charge in [0.2, 0.25) is 0 Å². The zero-order valence-electron chi connectivity index (χ0n) is 36.7. The predicted octanol–water partition coefficient (Wildman–Crippen LogP) is 12.0. The second-order valence-electron chi connectivity index (χ2n) is 22.4. The Kier molecular flexibility index (Phi) is 10.9. The van der Waals surface area contributed by atoms with Crippen LogP contribution in [0.5, 0.6) is 0 Å². The Bertz CT molecular complexity index is 1670. The lowest BCUT2D eigenvalue weighted by atomic mass is 9.65. The average Bonchev–Trinajstić information content (AvgIpc) is 2.97. The van der Waals surface area contributed by atoms with E-state index in [0.717, 1.165) is 28.5 Å². The summed E-state index contributed by atoms with van der Waals surface area (Å²) in [5.74, 6) is 0. The summed E-state index contributed by atoms with van der Waals surface area (Å²) >= 11 is 0. The summed E-state index contributed by atoms with van der Waals surface area (Å²) in [6.45, 7) is 39.0. The van der Waals surface area contributed by atoms with E-state index in [9.17, 15) is 15.3 Å². The number of benzene rings is 1. The van der Waals surface area contributed by atoms with Gasteiger partial charge in [-0.1, -0.05) is 143 Å². The van der Waals surface area contributed by atoms with E-state index in [0.29, 0.717) is 19.3 Å². The van der Waals surface area contributed by atoms with E-state index >= 15 is 0 Å². The molecule has 294 valence electrons. The fourth-order valence-electron chi connectivity index (χ4n) is 7.52. The van der Waals surface area contributed by atoms with Gasteiger partial charge in [0.25, 0.3) is 0 Å². The minimum absolute atomic E-state index is 0.140. The molecule has 53 heavy (non-hydrogen) atoms. The number of rotatable bonds is 5. The van der Waals surface area contributed by atoms with E-state index in [1.54, 1.807) is 0 Å². The molecule has 1 aromatic rings. The van der Waals surface area contributed by atoms with Crippen LogP contribution in [-0.4, -0.2) is 32.1 Å². The van der Waals surface area contributed by atoms with Crippen molar-refractivity contribution in [1.29, 1.82) is 0 Å². The van der Waals surface area contributed by atoms with Crippen LogP contribution in [0.25, 0.3) is 0 Å². The molecule has 5 heteroatoms. The molecule has 3 aliphatic carbocycles. The monoisotopic (exact) mass is 727 g/mol. The second-order valence-corrected chi connectivity index (χ2v) is 22.4. The molecule has 3 unspecified atom stereocenters. The van der Waals surface area contributed by atoms with Crippen molar-refractivity contribution in [2.24, 2.45) is 32.5 Å². The Labute approximate surface area is 323 Å². The maximum atomic E-state index is 12.1. The third kappa shape index (κ3) is 8.53. The highest BCUT2D eigenvalue weighted by molar-refractivity contribution is 5.70. The van der Waals surface area contributed by atoms with Crippen LogP contribution in [0.4, 0.5) is 11.4 Å². The first kappa shape index (κ1) is 42.9. The third-order valence-corrected chi connectivity index (χ3v) is 12.3. The van der Waals surface area contributed by atoms with Gasteiger partial charge in [-0.2, -0.15) is 0 Å². The molecule has 3 atom stereocenters. The summed E-state index contributed by atoms with van der Waals surface area (Å²) in [5, 5.41) is 39.5. The normalized spacial score (nSPS) is 26.5. The van der Waals surface area contributed by atoms with Crippen LogP contribution in [-0.2, 0) is 0 Å². The number of aliphatic hydroxyl groups is 3. The molecule has 4 N–H and O–H groups in total. The van der Waals surface area contributed by atoms with Crippen molar-refractivity contribution in [3.63, 3.8) is 0 Å². The Balaban J connectivity index is 1.93. The van der Waals surface area contributed by atoms with Gasteiger partial charge < -0.3 is 25.5 Å². The molecule has 0 saturated carbocycles. The second kappa shape index (κ2) is 13.4. The van der Waals surface area contributed by atoms with Crippen molar-refractivity contribution in [1.82, 2.24) is 0 Å². The van der Waals surface area contributed by atoms with Gasteiger partial charge in [-0.05, 0) is 91.7 Å². The molecule has 0 bridgehead atoms. The maximum Gasteiger partial charge on any atom is 0.0917 e. The van der Waals surface area contributed by atoms with E-state index < -0.39 is 16.8 Å². The fourth-order valence-corrected chi connectivity index (χ4v) is 7.52. The Morgan fingerprint density at radius 1 is 0.472 bits per heavy atom. The van der Waals surface area contributed by atoms with Crippen molar-refractivity contribution in [3.05, 3.63) is 94.5 Å². The van der Waals surface area contributed by atoms with Crippen molar-refractivity contribution in [2.45, 2.75) is 161 Å². The number of nitrogens with zero attached hydrogens (tertiary/aromatic N) is 1. The zero-order valence-corrected chi connectivity index (χ0v) is 36.7. The van der Waals surface area contributed by atoms with Crippen LogP contribution in [0.3, 0.4) is 0 Å². The van der Waals surface area contributed by atoms with E-state index in [1.807, 2.05) is 18.2 Å². The molecule has 0 aromatic heterocycles. The van der Waals surface area contributed by atoms with E-state index in [2.05, 4.69) is 177 Å². The summed E-state index contributed by atoms with van der Waals surface area (Å²) in [6, 6.07) is 8.63. The van der Waals surface area contributed by atoms with Crippen LogP contribution in [0.15, 0.2) is 94.5 Å². The molecule has 3 aliphatic rings. The van der Waals surface area contributed by atoms with Crippen LogP contribution < -0.4 is 10.2 Å². The van der Waals surface area contributed by atoms with Gasteiger partial charge in [0.05, 0.1) is 16.8 Å². The highest BCUT2D eigenvalue weighted by Gasteiger charge is 2.47. The minimum atomic E-state index is -1.00. The maximum absolute atomic E-state index is 12.1. The highest BCUT2D eigenvalue weighted by atomic mass is 16.3. The standard InChI is InChI=1S/C48H74N2O3/c1-40(2,3)34-29-46(51,43(10,11)12)26-23-37(34)49-32-19-21-33(22-20-32)50(38-24-27-47(52,44(13,14)15)30-35(38)41(4,5)6)39-25-28-48(53,45(16,17)18)31-36(39)42(7,8)9/h19-28,49,51-53H,29-31H2,1-18H3. The number of hydrogen-bond acceptors (Lipinski definition) is 5. The fraction of sp³-hybridized carbons (Fsp3) is 0.625. The van der Waals surface area contributed by atoms with Gasteiger partial charge in [-0.15, -0.1) is 0 Å². The van der Waals surface area contributed by atoms with Crippen LogP contribution >= 0.6 is 0 Å². The summed E-state index contributed by atoms with van der Waals surface area (Å²) in [5.41, 5.74) is 4.13. The number of anilines is 2. The third-order valence-electron chi connectivity index (χ3n) is 12.3. The molecular formula is C48H74N2O3. The van der Waals surface area contributed by atoms with E-state index in [1.165, 1.54) is 16.7 Å². The van der Waals surface area contributed by atoms with Crippen molar-refractivity contribution >= 4 is 11.4 Å². The molecule has 5 nitrogen and oxygen atoms in total. The molecule has 0 radical (unpaired) electrons. The lowest BCUT2D eigenvalue weighted by Crippen LogP contribution is -2.46. The van der Waals surface area contributed by atoms with Crippen molar-refractivity contribution < 1.29 is 15.3 Å². The molecular weight excluding hydrogens is 653 g/mol. The van der Waals surface area contributed by atoms with Gasteiger partial charge in [-0.25, -0.2) is 0 Å². The number of hydrogen-bond donors (Lipinski definition) is 4. The highest BCUT2D eigenvalue weighted by Crippen LogP contribution is 2.51. The lowest BCUT2D eigenvalue weighted by molar-refractivity contribution is -0.0183. The summed E-state index contributed by atoms with van der Waals surface area (Å²) in [6.07, 6.45) is 13.9. The Morgan fingerprint density at radius 2 is 0.792 bits per heavy atom. The van der Waals surface area contributed by atoms with Crippen LogP contribution in [0, 0.1) is 32.5 Å². The number of nitrogens with one attached hydrogen (secondary N) is 1. The molecule has 4 rings (SSSR count). The lowest BCUT2D eigenvalue weighted by Gasteiger charge is -2.48. The summed E-state index contributed by atoms with van der Waals surface area (Å²) in [7, 11) is 0. The molecule has 0 spiro atoms. The van der Waals surface area contributed by atoms with Crippen LogP contribution in [0.2, 0.25) is 0 Å². The van der Waals surface area contributed by atoms with Gasteiger partial charge in [0.1, 0.15) is 0 Å². The van der Waals surface area contributed by atoms with E-state index in [-0.39, 0.29) is 32.5 Å². The quantitative estimate of drug-likeness (QED) is 0.243. The number of allylic oxidation sites excluding steroid dienone is 3. The largest absolute Gasteiger partial charge is 0.385 e. The van der Waals surface area contributed by atoms with E-state index in [4.69, 9.17) is 0 Å². The summed E-state index contributed by atoms with van der Waals surface area (Å²) in [4.78, 5) is 2.37. The minimum Gasteiger partial charge on any atom is -0.385 e. The first-order chi connectivity index (χ1) is 23.6. The molecule has 0 fully saturated rings. The average molecular weight is 727 g/mol. The van der Waals surface area contributed by atoms with Gasteiger partial charge in [0.15, 0.2) is 0 Å². The topological polar surface area (TPSA) is 76.0 Å².